The molecule has 9 nitrogen and oxygen atoms in total. The molecule has 3 N–H and O–H groups in total. The normalized spacial score (nSPS) is 11.7. The smallest absolute Gasteiger partial charge is 0.251 e. The fraction of sp³-hybridized carbons (Fsp3) is 0.207. The number of benzene rings is 1. The van der Waals surface area contributed by atoms with Gasteiger partial charge in [-0.1, -0.05) is 25.1 Å². The van der Waals surface area contributed by atoms with Gasteiger partial charge in [-0.25, -0.2) is 15.0 Å². The standard InChI is InChI=1S/C29H30N8O/c1-20(22-6-5-7-23-24(29(38)30-2)10-11-32-28(22)23)17-33-27-16-25(35-19-36-27)21-8-9-26(34-18-21)31-12-15-37-13-3-4-14-37/h3-11,13-14,16,18-20H,12,15,17H2,1-2H3,(H,30,38)(H,31,34)(H,33,35,36)/t20-/m1/s1. The van der Waals surface area contributed by atoms with Crippen LogP contribution in [0.2, 0.25) is 0 Å². The summed E-state index contributed by atoms with van der Waals surface area (Å²) >= 11 is 0. The molecular weight excluding hydrogens is 476 g/mol. The lowest BCUT2D eigenvalue weighted by molar-refractivity contribution is 0.0964. The second-order valence-corrected chi connectivity index (χ2v) is 9.03. The molecule has 5 rings (SSSR count). The van der Waals surface area contributed by atoms with E-state index >= 15 is 0 Å². The van der Waals surface area contributed by atoms with Crippen molar-refractivity contribution in [2.75, 3.05) is 30.8 Å². The van der Waals surface area contributed by atoms with E-state index < -0.39 is 0 Å². The topological polar surface area (TPSA) is 110 Å². The van der Waals surface area contributed by atoms with Crippen molar-refractivity contribution in [3.63, 3.8) is 0 Å². The molecule has 1 amide bonds. The van der Waals surface area contributed by atoms with E-state index in [0.29, 0.717) is 12.1 Å². The molecule has 4 aromatic heterocycles. The van der Waals surface area contributed by atoms with Gasteiger partial charge in [-0.3, -0.25) is 9.78 Å². The first-order valence-corrected chi connectivity index (χ1v) is 12.6. The summed E-state index contributed by atoms with van der Waals surface area (Å²) in [5, 5.41) is 10.3. The number of carbonyl (C=O) groups excluding carboxylic acids is 1. The minimum Gasteiger partial charge on any atom is -0.369 e. The Balaban J connectivity index is 1.24. The number of aromatic nitrogens is 5. The van der Waals surface area contributed by atoms with Crippen LogP contribution in [0.1, 0.15) is 28.8 Å². The summed E-state index contributed by atoms with van der Waals surface area (Å²) in [7, 11) is 1.63. The lowest BCUT2D eigenvalue weighted by atomic mass is 9.96. The fourth-order valence-electron chi connectivity index (χ4n) is 4.39. The van der Waals surface area contributed by atoms with E-state index in [1.54, 1.807) is 25.6 Å². The minimum atomic E-state index is -0.121. The molecule has 1 aromatic carbocycles. The molecule has 0 aliphatic rings. The van der Waals surface area contributed by atoms with Crippen LogP contribution in [-0.4, -0.2) is 50.5 Å². The number of hydrogen-bond acceptors (Lipinski definition) is 7. The number of nitrogens with one attached hydrogen (secondary N) is 3. The van der Waals surface area contributed by atoms with E-state index in [0.717, 1.165) is 52.4 Å². The Hall–Kier alpha value is -4.79. The Bertz CT molecular complexity index is 1520. The van der Waals surface area contributed by atoms with Gasteiger partial charge in [0.25, 0.3) is 5.91 Å². The van der Waals surface area contributed by atoms with Gasteiger partial charge in [0.15, 0.2) is 0 Å². The predicted molar refractivity (Wildman–Crippen MR) is 150 cm³/mol. The first-order chi connectivity index (χ1) is 18.6. The Labute approximate surface area is 221 Å². The van der Waals surface area contributed by atoms with Crippen LogP contribution < -0.4 is 16.0 Å². The molecule has 0 fully saturated rings. The second-order valence-electron chi connectivity index (χ2n) is 9.03. The highest BCUT2D eigenvalue weighted by Crippen LogP contribution is 2.27. The molecule has 38 heavy (non-hydrogen) atoms. The number of nitrogens with zero attached hydrogens (tertiary/aromatic N) is 5. The highest BCUT2D eigenvalue weighted by atomic mass is 16.1. The van der Waals surface area contributed by atoms with Crippen molar-refractivity contribution in [2.24, 2.45) is 0 Å². The van der Waals surface area contributed by atoms with Crippen LogP contribution in [-0.2, 0) is 6.54 Å². The SMILES string of the molecule is CNC(=O)c1ccnc2c([C@H](C)CNc3cc(-c4ccc(NCCn5cccc5)nc4)ncn3)cccc12. The molecule has 0 radical (unpaired) electrons. The zero-order chi connectivity index (χ0) is 26.3. The number of pyridine rings is 2. The van der Waals surface area contributed by atoms with Gasteiger partial charge >= 0.3 is 0 Å². The molecule has 9 heteroatoms. The van der Waals surface area contributed by atoms with Crippen LogP contribution in [0.4, 0.5) is 11.6 Å². The molecule has 0 bridgehead atoms. The molecule has 0 saturated heterocycles. The van der Waals surface area contributed by atoms with E-state index in [1.165, 1.54) is 0 Å². The van der Waals surface area contributed by atoms with Gasteiger partial charge in [-0.05, 0) is 35.9 Å². The third-order valence-corrected chi connectivity index (χ3v) is 6.46. The summed E-state index contributed by atoms with van der Waals surface area (Å²) < 4.78 is 2.12. The Morgan fingerprint density at radius 3 is 2.61 bits per heavy atom. The number of hydrogen-bond donors (Lipinski definition) is 3. The van der Waals surface area contributed by atoms with Crippen LogP contribution in [0.5, 0.6) is 0 Å². The number of para-hydroxylation sites is 1. The Morgan fingerprint density at radius 2 is 1.82 bits per heavy atom. The van der Waals surface area contributed by atoms with Gasteiger partial charge in [0.1, 0.15) is 18.0 Å². The third-order valence-electron chi connectivity index (χ3n) is 6.46. The number of fused-ring (bicyclic) bond motifs is 1. The largest absolute Gasteiger partial charge is 0.369 e. The van der Waals surface area contributed by atoms with E-state index in [2.05, 4.69) is 53.4 Å². The summed E-state index contributed by atoms with van der Waals surface area (Å²) in [5.41, 5.74) is 4.23. The number of carbonyl (C=O) groups is 1. The van der Waals surface area contributed by atoms with Gasteiger partial charge in [0.2, 0.25) is 0 Å². The van der Waals surface area contributed by atoms with Crippen molar-refractivity contribution in [1.82, 2.24) is 29.8 Å². The quantitative estimate of drug-likeness (QED) is 0.254. The van der Waals surface area contributed by atoms with Gasteiger partial charge in [-0.2, -0.15) is 0 Å². The van der Waals surface area contributed by atoms with Crippen molar-refractivity contribution in [3.05, 3.63) is 96.8 Å². The van der Waals surface area contributed by atoms with Crippen molar-refractivity contribution in [2.45, 2.75) is 19.4 Å². The Kier molecular flexibility index (Phi) is 7.54. The van der Waals surface area contributed by atoms with E-state index in [4.69, 9.17) is 0 Å². The maximum Gasteiger partial charge on any atom is 0.251 e. The fourth-order valence-corrected chi connectivity index (χ4v) is 4.39. The molecular formula is C29H30N8O. The van der Waals surface area contributed by atoms with Crippen molar-refractivity contribution in [3.8, 4) is 11.3 Å². The maximum atomic E-state index is 12.3. The average Bonchev–Trinajstić information content (AvgIpc) is 3.49. The zero-order valence-electron chi connectivity index (χ0n) is 21.4. The molecule has 0 aliphatic carbocycles. The molecule has 5 aromatic rings. The van der Waals surface area contributed by atoms with Crippen LogP contribution >= 0.6 is 0 Å². The molecule has 4 heterocycles. The first kappa shape index (κ1) is 24.9. The first-order valence-electron chi connectivity index (χ1n) is 12.6. The third kappa shape index (κ3) is 5.62. The summed E-state index contributed by atoms with van der Waals surface area (Å²) in [4.78, 5) is 30.2. The molecule has 1 atom stereocenters. The molecule has 0 saturated carbocycles. The van der Waals surface area contributed by atoms with E-state index in [9.17, 15) is 4.79 Å². The molecule has 0 spiro atoms. The van der Waals surface area contributed by atoms with Gasteiger partial charge in [-0.15, -0.1) is 0 Å². The minimum absolute atomic E-state index is 0.121. The summed E-state index contributed by atoms with van der Waals surface area (Å²) in [6.45, 7) is 4.44. The maximum absolute atomic E-state index is 12.3. The van der Waals surface area contributed by atoms with Crippen LogP contribution in [0.15, 0.2) is 85.7 Å². The van der Waals surface area contributed by atoms with E-state index in [-0.39, 0.29) is 11.8 Å². The summed E-state index contributed by atoms with van der Waals surface area (Å²) in [6.07, 6.45) is 9.15. The predicted octanol–water partition coefficient (Wildman–Crippen LogP) is 4.58. The van der Waals surface area contributed by atoms with Gasteiger partial charge in [0, 0.05) is 74.4 Å². The Morgan fingerprint density at radius 1 is 0.947 bits per heavy atom. The molecule has 0 unspecified atom stereocenters. The highest BCUT2D eigenvalue weighted by molar-refractivity contribution is 6.06. The lowest BCUT2D eigenvalue weighted by Crippen LogP contribution is -2.18. The lowest BCUT2D eigenvalue weighted by Gasteiger charge is -2.16. The average molecular weight is 507 g/mol. The number of anilines is 2. The summed E-state index contributed by atoms with van der Waals surface area (Å²) in [5.74, 6) is 1.56. The van der Waals surface area contributed by atoms with Gasteiger partial charge in [0.05, 0.1) is 16.8 Å². The zero-order valence-corrected chi connectivity index (χ0v) is 21.4. The monoisotopic (exact) mass is 506 g/mol. The highest BCUT2D eigenvalue weighted by Gasteiger charge is 2.15. The summed E-state index contributed by atoms with van der Waals surface area (Å²) in [6, 6.07) is 17.6. The van der Waals surface area contributed by atoms with Crippen molar-refractivity contribution >= 4 is 28.4 Å². The van der Waals surface area contributed by atoms with Crippen LogP contribution in [0.3, 0.4) is 0 Å². The van der Waals surface area contributed by atoms with Crippen LogP contribution in [0.25, 0.3) is 22.2 Å². The molecule has 0 aliphatic heterocycles. The van der Waals surface area contributed by atoms with Crippen molar-refractivity contribution in [1.29, 1.82) is 0 Å². The molecule has 192 valence electrons. The van der Waals surface area contributed by atoms with E-state index in [1.807, 2.05) is 61.1 Å². The second kappa shape index (κ2) is 11.5. The van der Waals surface area contributed by atoms with Gasteiger partial charge < -0.3 is 20.5 Å². The van der Waals surface area contributed by atoms with Crippen LogP contribution in [0, 0.1) is 0 Å². The number of amides is 1. The number of rotatable bonds is 10. The van der Waals surface area contributed by atoms with Crippen molar-refractivity contribution < 1.29 is 4.79 Å².